The van der Waals surface area contributed by atoms with Gasteiger partial charge in [-0.25, -0.2) is 9.59 Å². The molecule has 0 aliphatic carbocycles. The number of aliphatic hydroxyl groups excluding tert-OH is 1. The van der Waals surface area contributed by atoms with Crippen molar-refractivity contribution in [3.63, 3.8) is 0 Å². The van der Waals surface area contributed by atoms with Crippen LogP contribution in [0.15, 0.2) is 48.5 Å². The zero-order valence-corrected chi connectivity index (χ0v) is 14.4. The first-order valence-corrected chi connectivity index (χ1v) is 8.49. The van der Waals surface area contributed by atoms with E-state index >= 15 is 0 Å². The van der Waals surface area contributed by atoms with E-state index in [0.717, 1.165) is 25.7 Å². The summed E-state index contributed by atoms with van der Waals surface area (Å²) in [5.74, 6) is -0.604. The van der Waals surface area contributed by atoms with Crippen LogP contribution in [0.1, 0.15) is 46.4 Å². The van der Waals surface area contributed by atoms with Crippen LogP contribution in [-0.2, 0) is 0 Å². The molecule has 2 aromatic rings. The summed E-state index contributed by atoms with van der Waals surface area (Å²) in [5, 5.41) is 17.6. The number of hydrogen-bond acceptors (Lipinski definition) is 5. The van der Waals surface area contributed by atoms with Gasteiger partial charge in [0.2, 0.25) is 0 Å². The average molecular weight is 358 g/mol. The second-order valence-corrected chi connectivity index (χ2v) is 5.73. The van der Waals surface area contributed by atoms with E-state index in [2.05, 4.69) is 0 Å². The molecular weight excluding hydrogens is 336 g/mol. The van der Waals surface area contributed by atoms with Crippen molar-refractivity contribution in [2.24, 2.45) is 0 Å². The third-order valence-electron chi connectivity index (χ3n) is 3.72. The van der Waals surface area contributed by atoms with Crippen LogP contribution in [0.4, 0.5) is 0 Å². The molecule has 0 unspecified atom stereocenters. The first kappa shape index (κ1) is 19.5. The first-order valence-electron chi connectivity index (χ1n) is 8.49. The Hall–Kier alpha value is -2.86. The number of hydrogen-bond donors (Lipinski definition) is 2. The first-order chi connectivity index (χ1) is 12.6. The minimum Gasteiger partial charge on any atom is -0.494 e. The molecule has 0 saturated carbocycles. The second kappa shape index (κ2) is 10.2. The highest BCUT2D eigenvalue weighted by molar-refractivity contribution is 5.91. The molecule has 0 saturated heterocycles. The van der Waals surface area contributed by atoms with Gasteiger partial charge in [-0.15, -0.1) is 0 Å². The molecular formula is C20H22O6. The topological polar surface area (TPSA) is 93.1 Å². The molecule has 0 aromatic heterocycles. The lowest BCUT2D eigenvalue weighted by Gasteiger charge is -2.08. The highest BCUT2D eigenvalue weighted by Gasteiger charge is 2.10. The Labute approximate surface area is 152 Å². The summed E-state index contributed by atoms with van der Waals surface area (Å²) >= 11 is 0. The number of carbonyl (C=O) groups excluding carboxylic acids is 1. The Morgan fingerprint density at radius 3 is 1.96 bits per heavy atom. The van der Waals surface area contributed by atoms with Gasteiger partial charge in [-0.05, 0) is 67.8 Å². The van der Waals surface area contributed by atoms with E-state index in [1.165, 1.54) is 24.3 Å². The Morgan fingerprint density at radius 1 is 0.769 bits per heavy atom. The van der Waals surface area contributed by atoms with Crippen molar-refractivity contribution >= 4 is 11.9 Å². The molecule has 0 atom stereocenters. The molecule has 2 rings (SSSR count). The predicted octanol–water partition coefficient (Wildman–Crippen LogP) is 3.54. The van der Waals surface area contributed by atoms with Gasteiger partial charge >= 0.3 is 11.9 Å². The molecule has 0 bridgehead atoms. The summed E-state index contributed by atoms with van der Waals surface area (Å²) in [7, 11) is 0. The molecule has 0 fully saturated rings. The lowest BCUT2D eigenvalue weighted by atomic mass is 10.2. The van der Waals surface area contributed by atoms with Crippen LogP contribution < -0.4 is 9.47 Å². The van der Waals surface area contributed by atoms with Crippen LogP contribution in [-0.4, -0.2) is 35.4 Å². The number of rotatable bonds is 10. The number of carbonyl (C=O) groups is 2. The number of benzene rings is 2. The van der Waals surface area contributed by atoms with Crippen molar-refractivity contribution in [2.45, 2.75) is 25.7 Å². The van der Waals surface area contributed by atoms with Crippen molar-refractivity contribution in [3.8, 4) is 11.5 Å². The van der Waals surface area contributed by atoms with E-state index in [1.807, 2.05) is 0 Å². The smallest absolute Gasteiger partial charge is 0.343 e. The number of esters is 1. The van der Waals surface area contributed by atoms with E-state index in [4.69, 9.17) is 19.7 Å². The van der Waals surface area contributed by atoms with E-state index < -0.39 is 11.9 Å². The fraction of sp³-hybridized carbons (Fsp3) is 0.300. The quantitative estimate of drug-likeness (QED) is 0.383. The average Bonchev–Trinajstić information content (AvgIpc) is 2.65. The molecule has 2 N–H and O–H groups in total. The van der Waals surface area contributed by atoms with Gasteiger partial charge in [0, 0.05) is 6.61 Å². The molecule has 0 heterocycles. The van der Waals surface area contributed by atoms with Crippen LogP contribution >= 0.6 is 0 Å². The van der Waals surface area contributed by atoms with Crippen LogP contribution in [0.25, 0.3) is 0 Å². The number of unbranched alkanes of at least 4 members (excludes halogenated alkanes) is 3. The minimum atomic E-state index is -1.04. The Kier molecular flexibility index (Phi) is 7.64. The fourth-order valence-electron chi connectivity index (χ4n) is 2.28. The van der Waals surface area contributed by atoms with Gasteiger partial charge in [-0.2, -0.15) is 0 Å². The summed E-state index contributed by atoms with van der Waals surface area (Å²) in [6.45, 7) is 0.813. The third kappa shape index (κ3) is 6.22. The molecule has 0 aliphatic heterocycles. The predicted molar refractivity (Wildman–Crippen MR) is 95.9 cm³/mol. The third-order valence-corrected chi connectivity index (χ3v) is 3.72. The normalized spacial score (nSPS) is 10.3. The molecule has 6 nitrogen and oxygen atoms in total. The minimum absolute atomic E-state index is 0.127. The van der Waals surface area contributed by atoms with E-state index in [-0.39, 0.29) is 17.9 Å². The molecule has 6 heteroatoms. The van der Waals surface area contributed by atoms with Crippen molar-refractivity contribution in [1.29, 1.82) is 0 Å². The van der Waals surface area contributed by atoms with E-state index in [0.29, 0.717) is 17.9 Å². The van der Waals surface area contributed by atoms with E-state index in [9.17, 15) is 9.59 Å². The highest BCUT2D eigenvalue weighted by atomic mass is 16.5. The highest BCUT2D eigenvalue weighted by Crippen LogP contribution is 2.17. The van der Waals surface area contributed by atoms with Gasteiger partial charge in [-0.3, -0.25) is 0 Å². The maximum Gasteiger partial charge on any atom is 0.343 e. The van der Waals surface area contributed by atoms with Gasteiger partial charge in [0.25, 0.3) is 0 Å². The van der Waals surface area contributed by atoms with Gasteiger partial charge in [-0.1, -0.05) is 6.42 Å². The maximum atomic E-state index is 12.1. The number of carboxylic acid groups (broad SMARTS) is 1. The zero-order valence-electron chi connectivity index (χ0n) is 14.4. The second-order valence-electron chi connectivity index (χ2n) is 5.73. The largest absolute Gasteiger partial charge is 0.494 e. The molecule has 0 aliphatic rings. The van der Waals surface area contributed by atoms with Crippen LogP contribution in [0.3, 0.4) is 0 Å². The summed E-state index contributed by atoms with van der Waals surface area (Å²) < 4.78 is 10.8. The van der Waals surface area contributed by atoms with Crippen LogP contribution in [0.5, 0.6) is 11.5 Å². The molecule has 0 spiro atoms. The van der Waals surface area contributed by atoms with Gasteiger partial charge in [0.05, 0.1) is 17.7 Å². The summed E-state index contributed by atoms with van der Waals surface area (Å²) in [6.07, 6.45) is 3.72. The van der Waals surface area contributed by atoms with Crippen LogP contribution in [0, 0.1) is 0 Å². The number of aliphatic hydroxyl groups is 1. The Balaban J connectivity index is 1.81. The molecule has 0 radical (unpaired) electrons. The van der Waals surface area contributed by atoms with Gasteiger partial charge in [0.15, 0.2) is 0 Å². The summed E-state index contributed by atoms with van der Waals surface area (Å²) in [5.41, 5.74) is 0.505. The van der Waals surface area contributed by atoms with Crippen LogP contribution in [0.2, 0.25) is 0 Å². The molecule has 0 amide bonds. The Bertz CT molecular complexity index is 706. The van der Waals surface area contributed by atoms with Gasteiger partial charge in [0.1, 0.15) is 11.5 Å². The molecule has 2 aromatic carbocycles. The molecule has 26 heavy (non-hydrogen) atoms. The lowest BCUT2D eigenvalue weighted by molar-refractivity contribution is 0.0696. The Morgan fingerprint density at radius 2 is 1.35 bits per heavy atom. The number of aromatic carboxylic acids is 1. The standard InChI is InChI=1S/C20H22O6/c21-13-3-1-2-4-14-25-17-9-7-16(8-10-17)20(24)26-18-11-5-15(6-12-18)19(22)23/h5-12,21H,1-4,13-14H2,(H,22,23). The van der Waals surface area contributed by atoms with Gasteiger partial charge < -0.3 is 19.7 Å². The monoisotopic (exact) mass is 358 g/mol. The fourth-order valence-corrected chi connectivity index (χ4v) is 2.28. The van der Waals surface area contributed by atoms with Crippen molar-refractivity contribution < 1.29 is 29.3 Å². The van der Waals surface area contributed by atoms with Crippen molar-refractivity contribution in [3.05, 3.63) is 59.7 Å². The maximum absolute atomic E-state index is 12.1. The number of carboxylic acids is 1. The van der Waals surface area contributed by atoms with E-state index in [1.54, 1.807) is 24.3 Å². The summed E-state index contributed by atoms with van der Waals surface area (Å²) in [4.78, 5) is 22.9. The zero-order chi connectivity index (χ0) is 18.8. The SMILES string of the molecule is O=C(O)c1ccc(OC(=O)c2ccc(OCCCCCCO)cc2)cc1. The van der Waals surface area contributed by atoms with Crippen molar-refractivity contribution in [1.82, 2.24) is 0 Å². The summed E-state index contributed by atoms with van der Waals surface area (Å²) in [6, 6.07) is 12.3. The van der Waals surface area contributed by atoms with Crippen molar-refractivity contribution in [2.75, 3.05) is 13.2 Å². The number of ether oxygens (including phenoxy) is 2. The molecule has 138 valence electrons. The lowest BCUT2D eigenvalue weighted by Crippen LogP contribution is -2.08.